The fourth-order valence-electron chi connectivity index (χ4n) is 1.35. The summed E-state index contributed by atoms with van der Waals surface area (Å²) in [7, 11) is 2.10. The molecule has 0 saturated carbocycles. The molecule has 0 saturated heterocycles. The quantitative estimate of drug-likeness (QED) is 0.787. The number of halogens is 1. The number of phenolic OH excluding ortho intramolecular Hbond substituents is 1. The summed E-state index contributed by atoms with van der Waals surface area (Å²) in [5.41, 5.74) is 0.925. The number of hydrogen-bond donors (Lipinski definition) is 2. The first-order valence-electron chi connectivity index (χ1n) is 5.50. The Hall–Kier alpha value is -0.580. The molecule has 2 N–H and O–H groups in total. The first kappa shape index (κ1) is 13.5. The third kappa shape index (κ3) is 4.12. The molecular weight excluding hydrogens is 268 g/mol. The molecule has 0 aromatic heterocycles. The first-order valence-corrected chi connectivity index (χ1v) is 6.30. The van der Waals surface area contributed by atoms with Crippen molar-refractivity contribution in [3.63, 3.8) is 0 Å². The molecule has 0 fully saturated rings. The van der Waals surface area contributed by atoms with Gasteiger partial charge < -0.3 is 15.3 Å². The van der Waals surface area contributed by atoms with Crippen LogP contribution in [0.1, 0.15) is 12.5 Å². The van der Waals surface area contributed by atoms with Crippen molar-refractivity contribution in [2.24, 2.45) is 0 Å². The van der Waals surface area contributed by atoms with Crippen molar-refractivity contribution in [2.45, 2.75) is 13.5 Å². The number of benzene rings is 1. The molecular formula is C12H19BrN2O. The highest BCUT2D eigenvalue weighted by Crippen LogP contribution is 2.26. The first-order chi connectivity index (χ1) is 7.65. The van der Waals surface area contributed by atoms with E-state index in [1.807, 2.05) is 18.2 Å². The molecule has 0 aliphatic heterocycles. The molecule has 0 radical (unpaired) electrons. The maximum absolute atomic E-state index is 9.75. The predicted molar refractivity (Wildman–Crippen MR) is 70.7 cm³/mol. The smallest absolute Gasteiger partial charge is 0.134 e. The van der Waals surface area contributed by atoms with Gasteiger partial charge >= 0.3 is 0 Å². The molecule has 1 rings (SSSR count). The summed E-state index contributed by atoms with van der Waals surface area (Å²) in [4.78, 5) is 2.24. The molecule has 0 spiro atoms. The lowest BCUT2D eigenvalue weighted by Gasteiger charge is -2.14. The number of nitrogens with zero attached hydrogens (tertiary/aromatic N) is 1. The van der Waals surface area contributed by atoms with Gasteiger partial charge in [-0.25, -0.2) is 0 Å². The molecule has 3 nitrogen and oxygen atoms in total. The van der Waals surface area contributed by atoms with Crippen LogP contribution in [0, 0.1) is 0 Å². The number of aromatic hydroxyl groups is 1. The van der Waals surface area contributed by atoms with E-state index in [4.69, 9.17) is 0 Å². The maximum atomic E-state index is 9.75. The minimum atomic E-state index is 0.332. The molecule has 0 heterocycles. The van der Waals surface area contributed by atoms with Crippen LogP contribution < -0.4 is 5.32 Å². The molecule has 1 aromatic carbocycles. The lowest BCUT2D eigenvalue weighted by Crippen LogP contribution is -2.28. The van der Waals surface area contributed by atoms with Crippen molar-refractivity contribution in [1.82, 2.24) is 10.2 Å². The zero-order valence-corrected chi connectivity index (χ0v) is 11.4. The Morgan fingerprint density at radius 1 is 1.44 bits per heavy atom. The lowest BCUT2D eigenvalue weighted by molar-refractivity contribution is 0.348. The summed E-state index contributed by atoms with van der Waals surface area (Å²) in [5.74, 6) is 0.332. The normalized spacial score (nSPS) is 11.0. The van der Waals surface area contributed by atoms with Gasteiger partial charge in [-0.15, -0.1) is 0 Å². The molecule has 0 unspecified atom stereocenters. The van der Waals surface area contributed by atoms with Gasteiger partial charge in [-0.2, -0.15) is 0 Å². The molecule has 0 aliphatic rings. The zero-order chi connectivity index (χ0) is 12.0. The van der Waals surface area contributed by atoms with E-state index < -0.39 is 0 Å². The summed E-state index contributed by atoms with van der Waals surface area (Å²) in [5, 5.41) is 13.1. The van der Waals surface area contributed by atoms with Gasteiger partial charge in [0.1, 0.15) is 5.75 Å². The highest BCUT2D eigenvalue weighted by Gasteiger charge is 2.03. The van der Waals surface area contributed by atoms with Crippen molar-refractivity contribution in [1.29, 1.82) is 0 Å². The standard InChI is InChI=1S/C12H19BrN2O/c1-3-15(2)8-7-14-9-10-5-4-6-11(13)12(10)16/h4-6,14,16H,3,7-9H2,1-2H3. The largest absolute Gasteiger partial charge is 0.506 e. The Balaban J connectivity index is 2.35. The van der Waals surface area contributed by atoms with Gasteiger partial charge in [0.25, 0.3) is 0 Å². The topological polar surface area (TPSA) is 35.5 Å². The molecule has 90 valence electrons. The Bertz CT molecular complexity index is 331. The molecule has 0 amide bonds. The number of phenols is 1. The van der Waals surface area contributed by atoms with Gasteiger partial charge in [0.2, 0.25) is 0 Å². The van der Waals surface area contributed by atoms with E-state index in [-0.39, 0.29) is 0 Å². The Morgan fingerprint density at radius 2 is 2.19 bits per heavy atom. The van der Waals surface area contributed by atoms with E-state index in [9.17, 15) is 5.11 Å². The highest BCUT2D eigenvalue weighted by molar-refractivity contribution is 9.10. The summed E-state index contributed by atoms with van der Waals surface area (Å²) < 4.78 is 0.748. The van der Waals surface area contributed by atoms with E-state index >= 15 is 0 Å². The third-order valence-corrected chi connectivity index (χ3v) is 3.24. The van der Waals surface area contributed by atoms with Gasteiger partial charge in [-0.1, -0.05) is 19.1 Å². The van der Waals surface area contributed by atoms with Gasteiger partial charge in [0.15, 0.2) is 0 Å². The minimum Gasteiger partial charge on any atom is -0.506 e. The Kier molecular flexibility index (Phi) is 5.80. The van der Waals surface area contributed by atoms with Crippen molar-refractivity contribution < 1.29 is 5.11 Å². The second-order valence-corrected chi connectivity index (χ2v) is 4.67. The second-order valence-electron chi connectivity index (χ2n) is 3.82. The number of rotatable bonds is 6. The van der Waals surface area contributed by atoms with E-state index in [2.05, 4.69) is 40.1 Å². The number of likely N-dealkylation sites (N-methyl/N-ethyl adjacent to an activating group) is 1. The van der Waals surface area contributed by atoms with Crippen molar-refractivity contribution in [2.75, 3.05) is 26.7 Å². The number of para-hydroxylation sites is 1. The van der Waals surface area contributed by atoms with E-state index in [0.717, 1.165) is 29.7 Å². The average molecular weight is 287 g/mol. The van der Waals surface area contributed by atoms with Crippen LogP contribution in [0.15, 0.2) is 22.7 Å². The van der Waals surface area contributed by atoms with Crippen molar-refractivity contribution >= 4 is 15.9 Å². The highest BCUT2D eigenvalue weighted by atomic mass is 79.9. The summed E-state index contributed by atoms with van der Waals surface area (Å²) in [6.45, 7) is 5.84. The van der Waals surface area contributed by atoms with E-state index in [1.54, 1.807) is 0 Å². The lowest BCUT2D eigenvalue weighted by atomic mass is 10.2. The molecule has 1 aromatic rings. The van der Waals surface area contributed by atoms with Crippen molar-refractivity contribution in [3.8, 4) is 5.75 Å². The van der Waals surface area contributed by atoms with Crippen LogP contribution >= 0.6 is 15.9 Å². The van der Waals surface area contributed by atoms with E-state index in [1.165, 1.54) is 0 Å². The van der Waals surface area contributed by atoms with E-state index in [0.29, 0.717) is 12.3 Å². The molecule has 0 atom stereocenters. The van der Waals surface area contributed by atoms with Crippen LogP contribution in [-0.2, 0) is 6.54 Å². The fraction of sp³-hybridized carbons (Fsp3) is 0.500. The van der Waals surface area contributed by atoms with Crippen LogP contribution in [0.4, 0.5) is 0 Å². The van der Waals surface area contributed by atoms with Gasteiger partial charge in [-0.05, 0) is 35.6 Å². The SMILES string of the molecule is CCN(C)CCNCc1cccc(Br)c1O. The van der Waals surface area contributed by atoms with Crippen LogP contribution in [0.2, 0.25) is 0 Å². The average Bonchev–Trinajstić information content (AvgIpc) is 2.29. The minimum absolute atomic E-state index is 0.332. The van der Waals surface area contributed by atoms with Crippen LogP contribution in [0.5, 0.6) is 5.75 Å². The molecule has 16 heavy (non-hydrogen) atoms. The number of nitrogens with one attached hydrogen (secondary N) is 1. The van der Waals surface area contributed by atoms with Crippen molar-refractivity contribution in [3.05, 3.63) is 28.2 Å². The van der Waals surface area contributed by atoms with Crippen LogP contribution in [0.3, 0.4) is 0 Å². The Labute approximate surface area is 106 Å². The van der Waals surface area contributed by atoms with Crippen LogP contribution in [-0.4, -0.2) is 36.7 Å². The Morgan fingerprint density at radius 3 is 2.88 bits per heavy atom. The molecule has 4 heteroatoms. The van der Waals surface area contributed by atoms with Crippen LogP contribution in [0.25, 0.3) is 0 Å². The zero-order valence-electron chi connectivity index (χ0n) is 9.83. The second kappa shape index (κ2) is 6.89. The summed E-state index contributed by atoms with van der Waals surface area (Å²) in [6.07, 6.45) is 0. The van der Waals surface area contributed by atoms with Gasteiger partial charge in [-0.3, -0.25) is 0 Å². The van der Waals surface area contributed by atoms with Gasteiger partial charge in [0.05, 0.1) is 4.47 Å². The predicted octanol–water partition coefficient (Wildman–Crippen LogP) is 2.20. The summed E-state index contributed by atoms with van der Waals surface area (Å²) in [6, 6.07) is 5.69. The summed E-state index contributed by atoms with van der Waals surface area (Å²) >= 11 is 3.30. The molecule has 0 aliphatic carbocycles. The molecule has 0 bridgehead atoms. The fourth-order valence-corrected chi connectivity index (χ4v) is 1.76. The number of hydrogen-bond acceptors (Lipinski definition) is 3. The maximum Gasteiger partial charge on any atom is 0.134 e. The monoisotopic (exact) mass is 286 g/mol. The van der Waals surface area contributed by atoms with Gasteiger partial charge in [0, 0.05) is 25.2 Å². The third-order valence-electron chi connectivity index (χ3n) is 2.60.